The highest BCUT2D eigenvalue weighted by Crippen LogP contribution is 2.48. The molecule has 2 atom stereocenters. The van der Waals surface area contributed by atoms with Crippen LogP contribution >= 0.6 is 11.6 Å². The first-order valence-electron chi connectivity index (χ1n) is 13.6. The molecular formula is C28H31ClF3N3O3S. The average Bonchev–Trinajstić information content (AvgIpc) is 3.69. The molecule has 3 aliphatic rings. The van der Waals surface area contributed by atoms with Gasteiger partial charge in [-0.3, -0.25) is 0 Å². The minimum atomic E-state index is -5.34. The molecule has 1 saturated carbocycles. The van der Waals surface area contributed by atoms with E-state index in [1.54, 1.807) is 0 Å². The summed E-state index contributed by atoms with van der Waals surface area (Å²) in [6.07, 6.45) is 5.55. The summed E-state index contributed by atoms with van der Waals surface area (Å²) >= 11 is 6.16. The third kappa shape index (κ3) is 5.21. The van der Waals surface area contributed by atoms with E-state index in [0.29, 0.717) is 21.9 Å². The molecule has 1 aromatic heterocycles. The van der Waals surface area contributed by atoms with Crippen molar-refractivity contribution in [2.45, 2.75) is 68.5 Å². The third-order valence-corrected chi connectivity index (χ3v) is 10.2. The summed E-state index contributed by atoms with van der Waals surface area (Å²) in [6.45, 7) is 0.291. The van der Waals surface area contributed by atoms with Crippen molar-refractivity contribution in [2.24, 2.45) is 5.92 Å². The lowest BCUT2D eigenvalue weighted by Crippen LogP contribution is -2.44. The van der Waals surface area contributed by atoms with Gasteiger partial charge in [-0.2, -0.15) is 22.6 Å². The molecule has 0 spiro atoms. The normalized spacial score (nSPS) is 22.8. The number of hydrogen-bond acceptors (Lipinski definition) is 4. The Morgan fingerprint density at radius 3 is 2.26 bits per heavy atom. The Morgan fingerprint density at radius 1 is 0.949 bits per heavy atom. The van der Waals surface area contributed by atoms with Crippen LogP contribution in [0.5, 0.6) is 0 Å². The van der Waals surface area contributed by atoms with Crippen molar-refractivity contribution in [1.82, 2.24) is 14.1 Å². The van der Waals surface area contributed by atoms with Gasteiger partial charge in [0.15, 0.2) is 6.23 Å². The Balaban J connectivity index is 1.37. The molecule has 2 saturated heterocycles. The van der Waals surface area contributed by atoms with Crippen molar-refractivity contribution in [3.05, 3.63) is 64.3 Å². The standard InChI is InChI=1S/C28H31ClF3N3O3S/c29-22-9-6-19(7-10-22)26(18-4-5-18)21-8-11-24-23(17-21)27(33-35(24)25-3-1-2-16-38-25)20-12-14-34(15-13-20)39(36,37)28(30,31)32/h6-11,17-18,20,25-26H,1-5,12-16H2. The van der Waals surface area contributed by atoms with Crippen molar-refractivity contribution in [3.8, 4) is 0 Å². The molecule has 3 heterocycles. The Morgan fingerprint density at radius 2 is 1.64 bits per heavy atom. The van der Waals surface area contributed by atoms with Gasteiger partial charge >= 0.3 is 15.5 Å². The Labute approximate surface area is 231 Å². The number of aromatic nitrogens is 2. The predicted molar refractivity (Wildman–Crippen MR) is 143 cm³/mol. The van der Waals surface area contributed by atoms with E-state index in [9.17, 15) is 21.6 Å². The molecule has 39 heavy (non-hydrogen) atoms. The monoisotopic (exact) mass is 581 g/mol. The fourth-order valence-corrected chi connectivity index (χ4v) is 7.28. The number of ether oxygens (including phenoxy) is 1. The minimum Gasteiger partial charge on any atom is -0.356 e. The Kier molecular flexibility index (Phi) is 7.18. The first kappa shape index (κ1) is 27.1. The number of halogens is 4. The maximum atomic E-state index is 13.1. The minimum absolute atomic E-state index is 0.151. The molecule has 3 aromatic rings. The zero-order valence-corrected chi connectivity index (χ0v) is 23.0. The number of nitrogens with zero attached hydrogens (tertiary/aromatic N) is 3. The molecule has 11 heteroatoms. The predicted octanol–water partition coefficient (Wildman–Crippen LogP) is 6.96. The van der Waals surface area contributed by atoms with Gasteiger partial charge in [0.25, 0.3) is 0 Å². The van der Waals surface area contributed by atoms with Gasteiger partial charge in [-0.1, -0.05) is 29.8 Å². The van der Waals surface area contributed by atoms with Crippen LogP contribution in [0.25, 0.3) is 10.9 Å². The molecule has 2 aromatic carbocycles. The van der Waals surface area contributed by atoms with Gasteiger partial charge in [-0.25, -0.2) is 13.1 Å². The zero-order chi connectivity index (χ0) is 27.4. The number of piperidine rings is 1. The zero-order valence-electron chi connectivity index (χ0n) is 21.4. The molecule has 3 fully saturated rings. The maximum absolute atomic E-state index is 13.1. The van der Waals surface area contributed by atoms with E-state index >= 15 is 0 Å². The van der Waals surface area contributed by atoms with Gasteiger partial charge in [-0.15, -0.1) is 0 Å². The van der Waals surface area contributed by atoms with Crippen LogP contribution in [0.3, 0.4) is 0 Å². The summed E-state index contributed by atoms with van der Waals surface area (Å²) in [7, 11) is -5.34. The van der Waals surface area contributed by atoms with Crippen LogP contribution in [-0.4, -0.2) is 47.7 Å². The Bertz CT molecular complexity index is 1440. The lowest BCUT2D eigenvalue weighted by molar-refractivity contribution is -0.0495. The molecular weight excluding hydrogens is 551 g/mol. The molecule has 1 aliphatic carbocycles. The van der Waals surface area contributed by atoms with Crippen molar-refractivity contribution < 1.29 is 26.3 Å². The molecule has 2 aliphatic heterocycles. The summed E-state index contributed by atoms with van der Waals surface area (Å²) in [6, 6.07) is 14.4. The van der Waals surface area contributed by atoms with E-state index in [1.807, 2.05) is 16.8 Å². The van der Waals surface area contributed by atoms with Gasteiger partial charge in [0.1, 0.15) is 0 Å². The van der Waals surface area contributed by atoms with Gasteiger partial charge in [0, 0.05) is 41.9 Å². The molecule has 210 valence electrons. The van der Waals surface area contributed by atoms with E-state index < -0.39 is 15.5 Å². The molecule has 0 radical (unpaired) electrons. The topological polar surface area (TPSA) is 64.4 Å². The summed E-state index contributed by atoms with van der Waals surface area (Å²) in [5.74, 6) is 0.606. The maximum Gasteiger partial charge on any atom is 0.511 e. The highest BCUT2D eigenvalue weighted by atomic mass is 35.5. The molecule has 2 unspecified atom stereocenters. The van der Waals surface area contributed by atoms with Gasteiger partial charge in [0.05, 0.1) is 11.2 Å². The fourth-order valence-electron chi connectivity index (χ4n) is 6.17. The van der Waals surface area contributed by atoms with Crippen molar-refractivity contribution >= 4 is 32.5 Å². The summed E-state index contributed by atoms with van der Waals surface area (Å²) in [4.78, 5) is 0. The molecule has 0 bridgehead atoms. The van der Waals surface area contributed by atoms with Crippen LogP contribution in [0.2, 0.25) is 5.02 Å². The smallest absolute Gasteiger partial charge is 0.356 e. The highest BCUT2D eigenvalue weighted by Gasteiger charge is 2.50. The molecule has 0 N–H and O–H groups in total. The Hall–Kier alpha value is -2.14. The highest BCUT2D eigenvalue weighted by molar-refractivity contribution is 7.90. The fraction of sp³-hybridized carbons (Fsp3) is 0.536. The second-order valence-corrected chi connectivity index (χ2v) is 13.3. The first-order chi connectivity index (χ1) is 18.6. The summed E-state index contributed by atoms with van der Waals surface area (Å²) in [5.41, 5.74) is -1.15. The van der Waals surface area contributed by atoms with Gasteiger partial charge in [0.2, 0.25) is 0 Å². The third-order valence-electron chi connectivity index (χ3n) is 8.34. The van der Waals surface area contributed by atoms with Crippen LogP contribution in [-0.2, 0) is 14.8 Å². The summed E-state index contributed by atoms with van der Waals surface area (Å²) < 4.78 is 71.9. The lowest BCUT2D eigenvalue weighted by Gasteiger charge is -2.31. The number of fused-ring (bicyclic) bond motifs is 1. The van der Waals surface area contributed by atoms with E-state index in [0.717, 1.165) is 48.7 Å². The van der Waals surface area contributed by atoms with Crippen LogP contribution in [0.4, 0.5) is 13.2 Å². The second kappa shape index (κ2) is 10.4. The molecule has 6 nitrogen and oxygen atoms in total. The number of rotatable bonds is 6. The lowest BCUT2D eigenvalue weighted by atomic mass is 9.85. The van der Waals surface area contributed by atoms with E-state index in [-0.39, 0.29) is 44.0 Å². The largest absolute Gasteiger partial charge is 0.511 e. The van der Waals surface area contributed by atoms with Gasteiger partial charge in [-0.05, 0) is 86.3 Å². The second-order valence-electron chi connectivity index (χ2n) is 10.9. The van der Waals surface area contributed by atoms with Crippen molar-refractivity contribution in [2.75, 3.05) is 19.7 Å². The van der Waals surface area contributed by atoms with E-state index in [1.165, 1.54) is 11.1 Å². The van der Waals surface area contributed by atoms with Crippen LogP contribution < -0.4 is 0 Å². The van der Waals surface area contributed by atoms with Crippen LogP contribution in [0.15, 0.2) is 42.5 Å². The van der Waals surface area contributed by atoms with Crippen molar-refractivity contribution in [1.29, 1.82) is 0 Å². The van der Waals surface area contributed by atoms with Crippen LogP contribution in [0, 0.1) is 5.92 Å². The average molecular weight is 582 g/mol. The summed E-state index contributed by atoms with van der Waals surface area (Å²) in [5, 5.41) is 6.67. The quantitative estimate of drug-likeness (QED) is 0.316. The number of hydrogen-bond donors (Lipinski definition) is 0. The molecule has 0 amide bonds. The van der Waals surface area contributed by atoms with E-state index in [2.05, 4.69) is 30.3 Å². The van der Waals surface area contributed by atoms with Gasteiger partial charge < -0.3 is 4.74 Å². The van der Waals surface area contributed by atoms with Crippen molar-refractivity contribution in [3.63, 3.8) is 0 Å². The number of sulfonamides is 1. The SMILES string of the molecule is O=S(=O)(N1CCC(c2nn(C3CCCCO3)c3ccc(C(c4ccc(Cl)cc4)C4CC4)cc23)CC1)C(F)(F)F. The molecule has 6 rings (SSSR count). The van der Waals surface area contributed by atoms with E-state index in [4.69, 9.17) is 21.4 Å². The number of alkyl halides is 3. The van der Waals surface area contributed by atoms with Crippen LogP contribution in [0.1, 0.15) is 79.8 Å². The number of benzene rings is 2. The first-order valence-corrected chi connectivity index (χ1v) is 15.4.